The smallest absolute Gasteiger partial charge is 0.151 e. The van der Waals surface area contributed by atoms with Gasteiger partial charge in [-0.3, -0.25) is 4.98 Å². The zero-order chi connectivity index (χ0) is 15.1. The highest BCUT2D eigenvalue weighted by Crippen LogP contribution is 2.29. The van der Waals surface area contributed by atoms with Gasteiger partial charge in [0.1, 0.15) is 11.3 Å². The molecular weight excluding hydrogens is 267 g/mol. The number of halogens is 1. The van der Waals surface area contributed by atoms with Gasteiger partial charge in [0.15, 0.2) is 5.82 Å². The van der Waals surface area contributed by atoms with Crippen molar-refractivity contribution >= 4 is 16.7 Å². The monoisotopic (exact) mass is 284 g/mol. The molecule has 3 aromatic rings. The molecule has 1 aromatic carbocycles. The number of rotatable bonds is 2. The molecule has 0 saturated heterocycles. The number of nitrogens with zero attached hydrogens (tertiary/aromatic N) is 3. The molecule has 0 spiro atoms. The standard InChI is InChI=1S/C16H17FN4/c1-9(2)21-10(3)20-16-13(17)6-11(7-15(16)21)14-8-12(18)4-5-19-14/h4-9H,1-3H3,(H2,18,19). The number of fused-ring (bicyclic) bond motifs is 1. The number of hydrogen-bond acceptors (Lipinski definition) is 3. The normalized spacial score (nSPS) is 11.5. The predicted molar refractivity (Wildman–Crippen MR) is 82.5 cm³/mol. The molecule has 21 heavy (non-hydrogen) atoms. The first-order valence-electron chi connectivity index (χ1n) is 6.87. The van der Waals surface area contributed by atoms with E-state index >= 15 is 0 Å². The molecule has 108 valence electrons. The summed E-state index contributed by atoms with van der Waals surface area (Å²) in [5.41, 5.74) is 8.92. The first kappa shape index (κ1) is 13.5. The quantitative estimate of drug-likeness (QED) is 0.780. The maximum Gasteiger partial charge on any atom is 0.151 e. The number of hydrogen-bond donors (Lipinski definition) is 1. The van der Waals surface area contributed by atoms with Crippen LogP contribution in [0.5, 0.6) is 0 Å². The van der Waals surface area contributed by atoms with Crippen LogP contribution in [-0.4, -0.2) is 14.5 Å². The van der Waals surface area contributed by atoms with Gasteiger partial charge in [-0.1, -0.05) is 0 Å². The van der Waals surface area contributed by atoms with Crippen LogP contribution in [0.2, 0.25) is 0 Å². The molecule has 0 atom stereocenters. The number of aromatic nitrogens is 3. The van der Waals surface area contributed by atoms with Gasteiger partial charge in [0.25, 0.3) is 0 Å². The van der Waals surface area contributed by atoms with E-state index in [1.807, 2.05) is 17.6 Å². The molecule has 4 nitrogen and oxygen atoms in total. The minimum Gasteiger partial charge on any atom is -0.399 e. The van der Waals surface area contributed by atoms with E-state index in [0.29, 0.717) is 22.5 Å². The molecular formula is C16H17FN4. The summed E-state index contributed by atoms with van der Waals surface area (Å²) in [5.74, 6) is 0.464. The third-order valence-corrected chi connectivity index (χ3v) is 3.52. The summed E-state index contributed by atoms with van der Waals surface area (Å²) in [6.07, 6.45) is 1.62. The zero-order valence-corrected chi connectivity index (χ0v) is 12.3. The van der Waals surface area contributed by atoms with Crippen molar-refractivity contribution in [1.29, 1.82) is 0 Å². The van der Waals surface area contributed by atoms with Gasteiger partial charge in [-0.2, -0.15) is 0 Å². The van der Waals surface area contributed by atoms with Gasteiger partial charge in [0.05, 0.1) is 11.2 Å². The Morgan fingerprint density at radius 1 is 1.24 bits per heavy atom. The maximum atomic E-state index is 14.4. The Morgan fingerprint density at radius 3 is 2.67 bits per heavy atom. The molecule has 0 saturated carbocycles. The number of nitrogens with two attached hydrogens (primary N) is 1. The Bertz CT molecular complexity index is 821. The highest BCUT2D eigenvalue weighted by Gasteiger charge is 2.15. The maximum absolute atomic E-state index is 14.4. The van der Waals surface area contributed by atoms with Crippen LogP contribution in [0.1, 0.15) is 25.7 Å². The minimum atomic E-state index is -0.339. The fourth-order valence-corrected chi connectivity index (χ4v) is 2.67. The molecule has 0 amide bonds. The van der Waals surface area contributed by atoms with Crippen molar-refractivity contribution in [2.75, 3.05) is 5.73 Å². The van der Waals surface area contributed by atoms with Gasteiger partial charge in [0.2, 0.25) is 0 Å². The third-order valence-electron chi connectivity index (χ3n) is 3.52. The second-order valence-electron chi connectivity index (χ2n) is 5.42. The number of imidazole rings is 1. The fourth-order valence-electron chi connectivity index (χ4n) is 2.67. The molecule has 5 heteroatoms. The number of anilines is 1. The number of aryl methyl sites for hydroxylation is 1. The number of nitrogen functional groups attached to an aromatic ring is 1. The van der Waals surface area contributed by atoms with Gasteiger partial charge in [0, 0.05) is 23.5 Å². The lowest BCUT2D eigenvalue weighted by Gasteiger charge is -2.11. The Hall–Kier alpha value is -2.43. The molecule has 0 fully saturated rings. The van der Waals surface area contributed by atoms with Gasteiger partial charge in [-0.05, 0) is 45.0 Å². The topological polar surface area (TPSA) is 56.7 Å². The van der Waals surface area contributed by atoms with Crippen LogP contribution in [0.3, 0.4) is 0 Å². The average molecular weight is 284 g/mol. The molecule has 0 unspecified atom stereocenters. The van der Waals surface area contributed by atoms with Crippen molar-refractivity contribution in [3.8, 4) is 11.3 Å². The van der Waals surface area contributed by atoms with Crippen molar-refractivity contribution in [3.05, 3.63) is 42.1 Å². The minimum absolute atomic E-state index is 0.207. The summed E-state index contributed by atoms with van der Waals surface area (Å²) >= 11 is 0. The van der Waals surface area contributed by atoms with E-state index in [9.17, 15) is 4.39 Å². The molecule has 0 radical (unpaired) electrons. The van der Waals surface area contributed by atoms with Crippen LogP contribution in [0.15, 0.2) is 30.5 Å². The lowest BCUT2D eigenvalue weighted by molar-refractivity contribution is 0.600. The van der Waals surface area contributed by atoms with E-state index in [2.05, 4.69) is 23.8 Å². The van der Waals surface area contributed by atoms with E-state index in [4.69, 9.17) is 5.73 Å². The second kappa shape index (κ2) is 4.84. The summed E-state index contributed by atoms with van der Waals surface area (Å²) in [4.78, 5) is 8.59. The van der Waals surface area contributed by atoms with Crippen molar-refractivity contribution in [2.45, 2.75) is 26.8 Å². The average Bonchev–Trinajstić information content (AvgIpc) is 2.75. The summed E-state index contributed by atoms with van der Waals surface area (Å²) in [6, 6.07) is 7.03. The molecule has 0 aliphatic rings. The molecule has 2 heterocycles. The van der Waals surface area contributed by atoms with Gasteiger partial charge >= 0.3 is 0 Å². The van der Waals surface area contributed by atoms with Crippen LogP contribution in [-0.2, 0) is 0 Å². The summed E-state index contributed by atoms with van der Waals surface area (Å²) in [6.45, 7) is 5.99. The Labute approximate surface area is 122 Å². The van der Waals surface area contributed by atoms with Crippen LogP contribution >= 0.6 is 0 Å². The van der Waals surface area contributed by atoms with E-state index < -0.39 is 0 Å². The predicted octanol–water partition coefficient (Wildman–Crippen LogP) is 3.71. The van der Waals surface area contributed by atoms with Gasteiger partial charge in [-0.15, -0.1) is 0 Å². The molecule has 0 bridgehead atoms. The fraction of sp³-hybridized carbons (Fsp3) is 0.250. The molecule has 3 rings (SSSR count). The van der Waals surface area contributed by atoms with Crippen LogP contribution in [0.4, 0.5) is 10.1 Å². The SMILES string of the molecule is Cc1nc2c(F)cc(-c3cc(N)ccn3)cc2n1C(C)C. The first-order chi connectivity index (χ1) is 9.97. The Morgan fingerprint density at radius 2 is 2.00 bits per heavy atom. The zero-order valence-electron chi connectivity index (χ0n) is 12.3. The molecule has 2 N–H and O–H groups in total. The highest BCUT2D eigenvalue weighted by atomic mass is 19.1. The summed E-state index contributed by atoms with van der Waals surface area (Å²) in [5, 5.41) is 0. The molecule has 2 aromatic heterocycles. The lowest BCUT2D eigenvalue weighted by atomic mass is 10.1. The summed E-state index contributed by atoms with van der Waals surface area (Å²) < 4.78 is 16.4. The van der Waals surface area contributed by atoms with Crippen molar-refractivity contribution < 1.29 is 4.39 Å². The van der Waals surface area contributed by atoms with Gasteiger partial charge in [-0.25, -0.2) is 9.37 Å². The van der Waals surface area contributed by atoms with Crippen LogP contribution in [0, 0.1) is 12.7 Å². The van der Waals surface area contributed by atoms with Crippen molar-refractivity contribution in [1.82, 2.24) is 14.5 Å². The Balaban J connectivity index is 2.29. The number of benzene rings is 1. The van der Waals surface area contributed by atoms with Crippen LogP contribution in [0.25, 0.3) is 22.3 Å². The number of pyridine rings is 1. The highest BCUT2D eigenvalue weighted by molar-refractivity contribution is 5.83. The summed E-state index contributed by atoms with van der Waals surface area (Å²) in [7, 11) is 0. The molecule has 0 aliphatic carbocycles. The lowest BCUT2D eigenvalue weighted by Crippen LogP contribution is -2.02. The van der Waals surface area contributed by atoms with Crippen LogP contribution < -0.4 is 5.73 Å². The van der Waals surface area contributed by atoms with Gasteiger partial charge < -0.3 is 10.3 Å². The first-order valence-corrected chi connectivity index (χ1v) is 6.87. The Kier molecular flexibility index (Phi) is 3.12. The van der Waals surface area contributed by atoms with E-state index in [-0.39, 0.29) is 11.9 Å². The molecule has 0 aliphatic heterocycles. The van der Waals surface area contributed by atoms with Crippen molar-refractivity contribution in [2.24, 2.45) is 0 Å². The third kappa shape index (κ3) is 2.24. The van der Waals surface area contributed by atoms with E-state index in [1.165, 1.54) is 6.07 Å². The van der Waals surface area contributed by atoms with E-state index in [1.54, 1.807) is 18.3 Å². The largest absolute Gasteiger partial charge is 0.399 e. The van der Waals surface area contributed by atoms with Crippen molar-refractivity contribution in [3.63, 3.8) is 0 Å². The second-order valence-corrected chi connectivity index (χ2v) is 5.42. The van der Waals surface area contributed by atoms with E-state index in [0.717, 1.165) is 11.3 Å².